The lowest BCUT2D eigenvalue weighted by Gasteiger charge is -2.37. The molecule has 2 unspecified atom stereocenters. The molecule has 0 amide bonds. The maximum atomic E-state index is 4.65. The van der Waals surface area contributed by atoms with Crippen LogP contribution in [0.3, 0.4) is 0 Å². The molecule has 1 aromatic heterocycles. The van der Waals surface area contributed by atoms with Gasteiger partial charge in [-0.3, -0.25) is 4.98 Å². The number of pyridine rings is 1. The third-order valence-corrected chi connectivity index (χ3v) is 7.40. The number of hydrogen-bond donors (Lipinski definition) is 0. The first-order valence-electron chi connectivity index (χ1n) is 6.70. The van der Waals surface area contributed by atoms with Gasteiger partial charge in [-0.05, 0) is 43.2 Å². The van der Waals surface area contributed by atoms with E-state index in [4.69, 9.17) is 0 Å². The Balaban J connectivity index is 2.32. The van der Waals surface area contributed by atoms with Crippen molar-refractivity contribution in [1.29, 1.82) is 0 Å². The van der Waals surface area contributed by atoms with Crippen molar-refractivity contribution in [3.05, 3.63) is 24.4 Å². The molecule has 2 rings (SSSR count). The monoisotopic (exact) mass is 249 g/mol. The molecular formula is C15H24NP. The molecule has 1 aromatic rings. The molecule has 1 aliphatic rings. The van der Waals surface area contributed by atoms with Gasteiger partial charge in [-0.2, -0.15) is 0 Å². The van der Waals surface area contributed by atoms with E-state index >= 15 is 0 Å². The predicted octanol–water partition coefficient (Wildman–Crippen LogP) is 4.18. The lowest BCUT2D eigenvalue weighted by atomic mass is 10.1. The van der Waals surface area contributed by atoms with Crippen LogP contribution in [-0.2, 0) is 0 Å². The zero-order valence-corrected chi connectivity index (χ0v) is 12.4. The van der Waals surface area contributed by atoms with E-state index in [1.807, 2.05) is 12.3 Å². The number of rotatable bonds is 2. The van der Waals surface area contributed by atoms with Crippen LogP contribution in [0, 0.1) is 5.92 Å². The molecule has 0 N–H and O–H groups in total. The summed E-state index contributed by atoms with van der Waals surface area (Å²) >= 11 is 0. The Labute approximate surface area is 107 Å². The fourth-order valence-electron chi connectivity index (χ4n) is 3.02. The molecule has 1 saturated carbocycles. The van der Waals surface area contributed by atoms with Gasteiger partial charge in [0, 0.05) is 6.20 Å². The van der Waals surface area contributed by atoms with Crippen LogP contribution in [0.5, 0.6) is 0 Å². The van der Waals surface area contributed by atoms with Crippen LogP contribution in [0.25, 0.3) is 0 Å². The van der Waals surface area contributed by atoms with E-state index in [2.05, 4.69) is 44.8 Å². The van der Waals surface area contributed by atoms with E-state index in [1.165, 1.54) is 24.7 Å². The van der Waals surface area contributed by atoms with Crippen molar-refractivity contribution in [3.63, 3.8) is 0 Å². The van der Waals surface area contributed by atoms with E-state index in [0.717, 1.165) is 11.6 Å². The first kappa shape index (κ1) is 13.0. The Kier molecular flexibility index (Phi) is 3.88. The van der Waals surface area contributed by atoms with Crippen LogP contribution < -0.4 is 5.44 Å². The Hall–Kier alpha value is -0.420. The van der Waals surface area contributed by atoms with E-state index in [1.54, 1.807) is 0 Å². The topological polar surface area (TPSA) is 12.9 Å². The van der Waals surface area contributed by atoms with Crippen LogP contribution >= 0.6 is 7.92 Å². The molecule has 0 saturated heterocycles. The second-order valence-corrected chi connectivity index (χ2v) is 9.41. The highest BCUT2D eigenvalue weighted by atomic mass is 31.1. The van der Waals surface area contributed by atoms with Gasteiger partial charge >= 0.3 is 0 Å². The second kappa shape index (κ2) is 5.06. The Bertz CT molecular complexity index is 355. The van der Waals surface area contributed by atoms with Gasteiger partial charge in [0.05, 0.1) is 5.44 Å². The van der Waals surface area contributed by atoms with Crippen molar-refractivity contribution in [3.8, 4) is 0 Å². The maximum absolute atomic E-state index is 4.65. The summed E-state index contributed by atoms with van der Waals surface area (Å²) < 4.78 is 0. The highest BCUT2D eigenvalue weighted by Gasteiger charge is 2.38. The van der Waals surface area contributed by atoms with E-state index in [9.17, 15) is 0 Å². The van der Waals surface area contributed by atoms with Gasteiger partial charge < -0.3 is 0 Å². The summed E-state index contributed by atoms with van der Waals surface area (Å²) in [6.07, 6.45) is 6.18. The Morgan fingerprint density at radius 3 is 2.47 bits per heavy atom. The molecule has 0 spiro atoms. The largest absolute Gasteiger partial charge is 0.257 e. The third-order valence-electron chi connectivity index (χ3n) is 3.77. The summed E-state index contributed by atoms with van der Waals surface area (Å²) in [7, 11) is -0.148. The summed E-state index contributed by atoms with van der Waals surface area (Å²) in [5.41, 5.74) is 2.23. The first-order chi connectivity index (χ1) is 8.00. The smallest absolute Gasteiger partial charge is 0.0638 e. The minimum Gasteiger partial charge on any atom is -0.257 e. The number of hydrogen-bond acceptors (Lipinski definition) is 1. The standard InChI is InChI=1S/C15H24NP/c1-12-8-7-9-13(12)17(15(2,3)4)14-10-5-6-11-16-14/h5-6,10-13H,7-9H2,1-4H3/t12?,13-,17?/m1/s1. The molecular weight excluding hydrogens is 225 g/mol. The van der Waals surface area contributed by atoms with Crippen molar-refractivity contribution in [2.24, 2.45) is 5.92 Å². The van der Waals surface area contributed by atoms with E-state index < -0.39 is 0 Å². The van der Waals surface area contributed by atoms with Crippen molar-refractivity contribution in [1.82, 2.24) is 4.98 Å². The van der Waals surface area contributed by atoms with Crippen molar-refractivity contribution in [2.75, 3.05) is 0 Å². The second-order valence-electron chi connectivity index (χ2n) is 6.20. The molecule has 1 fully saturated rings. The molecule has 1 nitrogen and oxygen atoms in total. The van der Waals surface area contributed by atoms with Gasteiger partial charge in [-0.15, -0.1) is 0 Å². The molecule has 0 bridgehead atoms. The molecule has 1 heterocycles. The van der Waals surface area contributed by atoms with Crippen LogP contribution in [0.2, 0.25) is 0 Å². The fraction of sp³-hybridized carbons (Fsp3) is 0.667. The maximum Gasteiger partial charge on any atom is 0.0638 e. The van der Waals surface area contributed by atoms with Crippen molar-refractivity contribution in [2.45, 2.75) is 57.8 Å². The van der Waals surface area contributed by atoms with Gasteiger partial charge in [0.15, 0.2) is 0 Å². The third kappa shape index (κ3) is 2.88. The summed E-state index contributed by atoms with van der Waals surface area (Å²) in [6, 6.07) is 6.41. The van der Waals surface area contributed by atoms with Crippen LogP contribution in [-0.4, -0.2) is 15.8 Å². The number of nitrogens with zero attached hydrogens (tertiary/aromatic N) is 1. The van der Waals surface area contributed by atoms with Gasteiger partial charge in [-0.25, -0.2) is 0 Å². The molecule has 0 radical (unpaired) electrons. The summed E-state index contributed by atoms with van der Waals surface area (Å²) in [5.74, 6) is 0.877. The molecule has 17 heavy (non-hydrogen) atoms. The van der Waals surface area contributed by atoms with Crippen molar-refractivity contribution >= 4 is 13.4 Å². The predicted molar refractivity (Wildman–Crippen MR) is 77.3 cm³/mol. The van der Waals surface area contributed by atoms with E-state index in [0.29, 0.717) is 5.16 Å². The first-order valence-corrected chi connectivity index (χ1v) is 8.11. The SMILES string of the molecule is CC1CCC[C@H]1P(c1ccccn1)C(C)(C)C. The Morgan fingerprint density at radius 2 is 2.00 bits per heavy atom. The summed E-state index contributed by atoms with van der Waals surface area (Å²) in [5, 5.41) is 0.368. The minimum absolute atomic E-state index is 0.148. The summed E-state index contributed by atoms with van der Waals surface area (Å²) in [4.78, 5) is 4.65. The molecule has 0 aliphatic heterocycles. The minimum atomic E-state index is -0.148. The van der Waals surface area contributed by atoms with Gasteiger partial charge in [-0.1, -0.05) is 46.6 Å². The lowest BCUT2D eigenvalue weighted by Crippen LogP contribution is -2.29. The van der Waals surface area contributed by atoms with Gasteiger partial charge in [0.2, 0.25) is 0 Å². The number of aromatic nitrogens is 1. The van der Waals surface area contributed by atoms with Gasteiger partial charge in [0.25, 0.3) is 0 Å². The summed E-state index contributed by atoms with van der Waals surface area (Å²) in [6.45, 7) is 9.59. The quantitative estimate of drug-likeness (QED) is 0.717. The highest BCUT2D eigenvalue weighted by Crippen LogP contribution is 2.58. The molecule has 3 atom stereocenters. The normalized spacial score (nSPS) is 27.1. The van der Waals surface area contributed by atoms with Crippen molar-refractivity contribution < 1.29 is 0 Å². The molecule has 2 heteroatoms. The Morgan fingerprint density at radius 1 is 1.24 bits per heavy atom. The zero-order chi connectivity index (χ0) is 12.5. The van der Waals surface area contributed by atoms with Crippen LogP contribution in [0.1, 0.15) is 47.0 Å². The van der Waals surface area contributed by atoms with Crippen LogP contribution in [0.4, 0.5) is 0 Å². The highest BCUT2D eigenvalue weighted by molar-refractivity contribution is 7.67. The van der Waals surface area contributed by atoms with Crippen LogP contribution in [0.15, 0.2) is 24.4 Å². The molecule has 0 aromatic carbocycles. The molecule has 94 valence electrons. The average Bonchev–Trinajstić information content (AvgIpc) is 2.65. The lowest BCUT2D eigenvalue weighted by molar-refractivity contribution is 0.609. The van der Waals surface area contributed by atoms with E-state index in [-0.39, 0.29) is 7.92 Å². The van der Waals surface area contributed by atoms with Gasteiger partial charge in [0.1, 0.15) is 0 Å². The molecule has 1 aliphatic carbocycles. The zero-order valence-electron chi connectivity index (χ0n) is 11.5. The fourth-order valence-corrected chi connectivity index (χ4v) is 6.58. The average molecular weight is 249 g/mol.